The average molecular weight is 562 g/mol. The molecule has 1 aliphatic carbocycles. The minimum Gasteiger partial charge on any atom is -0.358 e. The predicted octanol–water partition coefficient (Wildman–Crippen LogP) is 6.29. The number of carbonyl (C=O) groups excluding carboxylic acids is 1. The fraction of sp³-hybridized carbons (Fsp3) is 0.517. The van der Waals surface area contributed by atoms with Crippen LogP contribution in [0.5, 0.6) is 0 Å². The van der Waals surface area contributed by atoms with E-state index in [0.717, 1.165) is 69.7 Å². The molecule has 1 aromatic carbocycles. The molecule has 0 spiro atoms. The number of nitrogens with one attached hydrogen (secondary N) is 1. The van der Waals surface area contributed by atoms with E-state index in [9.17, 15) is 13.6 Å². The number of hydrogen-bond acceptors (Lipinski definition) is 4. The number of pyridine rings is 1. The number of aromatic nitrogens is 2. The van der Waals surface area contributed by atoms with Crippen molar-refractivity contribution in [3.63, 3.8) is 0 Å². The number of aryl methyl sites for hydroxylation is 1. The van der Waals surface area contributed by atoms with Crippen LogP contribution in [0.2, 0.25) is 0 Å². The van der Waals surface area contributed by atoms with E-state index in [1.165, 1.54) is 6.07 Å². The van der Waals surface area contributed by atoms with E-state index in [0.29, 0.717) is 47.5 Å². The van der Waals surface area contributed by atoms with E-state index in [2.05, 4.69) is 4.98 Å². The van der Waals surface area contributed by atoms with Crippen molar-refractivity contribution in [3.05, 3.63) is 53.1 Å². The first-order valence-corrected chi connectivity index (χ1v) is 14.4. The average Bonchev–Trinajstić information content (AvgIpc) is 3.58. The van der Waals surface area contributed by atoms with Crippen LogP contribution in [0, 0.1) is 29.3 Å². The third-order valence-corrected chi connectivity index (χ3v) is 7.90. The molecule has 1 unspecified atom stereocenters. The zero-order chi connectivity index (χ0) is 27.9. The maximum absolute atomic E-state index is 15.3. The molecule has 5 rings (SSSR count). The summed E-state index contributed by atoms with van der Waals surface area (Å²) in [4.78, 5) is 22.3. The smallest absolute Gasteiger partial charge is 0.335 e. The number of amides is 1. The molecule has 2 fully saturated rings. The fourth-order valence-electron chi connectivity index (χ4n) is 6.14. The minimum absolute atomic E-state index is 0.222. The summed E-state index contributed by atoms with van der Waals surface area (Å²) in [5.74, 6) is -0.787. The highest BCUT2D eigenvalue weighted by atomic mass is 32.1. The summed E-state index contributed by atoms with van der Waals surface area (Å²) in [5, 5.41) is 0.410. The molecule has 1 amide bonds. The molecule has 1 saturated carbocycles. The van der Waals surface area contributed by atoms with Crippen molar-refractivity contribution in [1.82, 2.24) is 14.9 Å². The largest absolute Gasteiger partial charge is 0.358 e. The van der Waals surface area contributed by atoms with Crippen LogP contribution in [0.3, 0.4) is 0 Å². The highest BCUT2D eigenvalue weighted by Gasteiger charge is 2.28. The Labute approximate surface area is 230 Å². The fourth-order valence-corrected chi connectivity index (χ4v) is 6.14. The van der Waals surface area contributed by atoms with Gasteiger partial charge in [-0.3, -0.25) is 4.79 Å². The monoisotopic (exact) mass is 561 g/mol. The number of rotatable bonds is 7. The number of nitrogens with zero attached hydrogens (tertiary/aromatic N) is 2. The van der Waals surface area contributed by atoms with Gasteiger partial charge in [0.05, 0.1) is 16.9 Å². The highest BCUT2D eigenvalue weighted by Crippen LogP contribution is 2.36. The van der Waals surface area contributed by atoms with Gasteiger partial charge in [-0.25, -0.2) is 18.2 Å². The molecule has 1 N–H and O–H groups in total. The topological polar surface area (TPSA) is 83.1 Å². The maximum Gasteiger partial charge on any atom is 0.335 e. The lowest BCUT2D eigenvalue weighted by atomic mass is 9.77. The molecule has 6 nitrogen and oxygen atoms in total. The van der Waals surface area contributed by atoms with Crippen LogP contribution >= 0.6 is 0 Å². The number of aromatic amines is 1. The lowest BCUT2D eigenvalue weighted by molar-refractivity contribution is -0.131. The summed E-state index contributed by atoms with van der Waals surface area (Å²) in [7, 11) is 0. The van der Waals surface area contributed by atoms with E-state index < -0.39 is 23.2 Å². The zero-order valence-corrected chi connectivity index (χ0v) is 22.9. The summed E-state index contributed by atoms with van der Waals surface area (Å²) in [6.45, 7) is 3.76. The van der Waals surface area contributed by atoms with Gasteiger partial charge in [0.15, 0.2) is 0 Å². The Morgan fingerprint density at radius 3 is 2.49 bits per heavy atom. The molecule has 2 aliphatic rings. The highest BCUT2D eigenvalue weighted by molar-refractivity contribution is 7.51. The van der Waals surface area contributed by atoms with Crippen molar-refractivity contribution in [2.24, 2.45) is 11.8 Å². The third kappa shape index (κ3) is 6.96. The van der Waals surface area contributed by atoms with E-state index in [1.54, 1.807) is 12.3 Å². The standard InChI is InChI=1S/C29H34F3N3O.O2S/c1-2-6-20-14-24(31)26(34-28(20)23-17-33-29-22(23)15-21(30)16-25(29)32)12-18-7-5-8-19(11-18)13-27(36)35-9-3-4-10-35;1-3-2/h14-19,33H,2-13H2,1H3;/t18?,19-;/m1./s1. The Hall–Kier alpha value is -3.01. The van der Waals surface area contributed by atoms with Gasteiger partial charge in [0, 0.05) is 42.7 Å². The summed E-state index contributed by atoms with van der Waals surface area (Å²) >= 11 is -0.750. The first-order chi connectivity index (χ1) is 18.8. The van der Waals surface area contributed by atoms with Crippen molar-refractivity contribution in [2.75, 3.05) is 13.1 Å². The van der Waals surface area contributed by atoms with Gasteiger partial charge in [0.2, 0.25) is 5.91 Å². The number of carbonyl (C=O) groups is 1. The number of fused-ring (bicyclic) bond motifs is 1. The molecule has 39 heavy (non-hydrogen) atoms. The predicted molar refractivity (Wildman–Crippen MR) is 144 cm³/mol. The molecule has 1 aliphatic heterocycles. The number of benzene rings is 1. The van der Waals surface area contributed by atoms with Crippen LogP contribution < -0.4 is 0 Å². The Morgan fingerprint density at radius 2 is 1.77 bits per heavy atom. The summed E-state index contributed by atoms with van der Waals surface area (Å²) in [5.41, 5.74) is 2.53. The van der Waals surface area contributed by atoms with Gasteiger partial charge in [-0.05, 0) is 68.1 Å². The van der Waals surface area contributed by atoms with E-state index >= 15 is 4.39 Å². The lowest BCUT2D eigenvalue weighted by Gasteiger charge is -2.30. The number of halogens is 3. The number of hydrogen-bond donors (Lipinski definition) is 1. The van der Waals surface area contributed by atoms with Crippen molar-refractivity contribution in [2.45, 2.75) is 71.1 Å². The Morgan fingerprint density at radius 1 is 1.05 bits per heavy atom. The number of H-pyrrole nitrogens is 1. The van der Waals surface area contributed by atoms with Crippen LogP contribution in [0.25, 0.3) is 22.2 Å². The second-order valence-electron chi connectivity index (χ2n) is 10.6. The van der Waals surface area contributed by atoms with Gasteiger partial charge >= 0.3 is 11.6 Å². The molecule has 2 aromatic heterocycles. The van der Waals surface area contributed by atoms with Crippen LogP contribution in [-0.2, 0) is 29.2 Å². The Kier molecular flexibility index (Phi) is 9.94. The van der Waals surface area contributed by atoms with Gasteiger partial charge in [-0.15, -0.1) is 0 Å². The molecule has 0 radical (unpaired) electrons. The van der Waals surface area contributed by atoms with Crippen LogP contribution in [-0.4, -0.2) is 42.3 Å². The molecule has 3 aromatic rings. The molecule has 2 atom stereocenters. The van der Waals surface area contributed by atoms with Crippen LogP contribution in [0.15, 0.2) is 24.4 Å². The van der Waals surface area contributed by atoms with Crippen molar-refractivity contribution >= 4 is 28.4 Å². The Bertz CT molecular complexity index is 1350. The van der Waals surface area contributed by atoms with Crippen LogP contribution in [0.1, 0.15) is 69.5 Å². The summed E-state index contributed by atoms with van der Waals surface area (Å²) in [6, 6.07) is 3.70. The van der Waals surface area contributed by atoms with Gasteiger partial charge in [-0.1, -0.05) is 26.2 Å². The second kappa shape index (κ2) is 13.4. The third-order valence-electron chi connectivity index (χ3n) is 7.90. The summed E-state index contributed by atoms with van der Waals surface area (Å²) < 4.78 is 60.2. The molecular weight excluding hydrogens is 527 g/mol. The van der Waals surface area contributed by atoms with Crippen molar-refractivity contribution in [1.29, 1.82) is 0 Å². The van der Waals surface area contributed by atoms with Gasteiger partial charge in [-0.2, -0.15) is 8.42 Å². The van der Waals surface area contributed by atoms with Gasteiger partial charge < -0.3 is 9.88 Å². The van der Waals surface area contributed by atoms with E-state index in [1.807, 2.05) is 11.8 Å². The molecule has 10 heteroatoms. The summed E-state index contributed by atoms with van der Waals surface area (Å²) in [6.07, 6.45) is 10.3. The zero-order valence-electron chi connectivity index (χ0n) is 22.1. The van der Waals surface area contributed by atoms with Crippen molar-refractivity contribution in [3.8, 4) is 11.3 Å². The van der Waals surface area contributed by atoms with E-state index in [-0.39, 0.29) is 23.2 Å². The molecule has 3 heterocycles. The first-order valence-electron chi connectivity index (χ1n) is 13.7. The van der Waals surface area contributed by atoms with Crippen LogP contribution in [0.4, 0.5) is 13.2 Å². The quantitative estimate of drug-likeness (QED) is 0.368. The Balaban J connectivity index is 0.00000112. The second-order valence-corrected chi connectivity index (χ2v) is 10.8. The lowest BCUT2D eigenvalue weighted by Crippen LogP contribution is -2.31. The van der Waals surface area contributed by atoms with Crippen molar-refractivity contribution < 1.29 is 26.4 Å². The van der Waals surface area contributed by atoms with Gasteiger partial charge in [0.1, 0.15) is 17.5 Å². The first kappa shape index (κ1) is 29.0. The van der Waals surface area contributed by atoms with E-state index in [4.69, 9.17) is 13.4 Å². The van der Waals surface area contributed by atoms with Gasteiger partial charge in [0.25, 0.3) is 0 Å². The normalized spacial score (nSPS) is 19.1. The minimum atomic E-state index is -0.750. The number of likely N-dealkylation sites (tertiary alicyclic amines) is 1. The molecule has 210 valence electrons. The molecule has 0 bridgehead atoms. The molecular formula is C29H34F3N3O3S. The maximum atomic E-state index is 15.3. The molecule has 1 saturated heterocycles. The SMILES string of the molecule is CCCc1cc(F)c(CC2CCC[C@@H](CC(=O)N3CCCC3)C2)nc1-c1c[nH]c2c(F)cc(F)cc12.O=S=O.